The molecule has 0 aliphatic carbocycles. The minimum Gasteiger partial charge on any atom is -0.310 e. The van der Waals surface area contributed by atoms with Crippen LogP contribution in [0.15, 0.2) is 41.8 Å². The highest BCUT2D eigenvalue weighted by Crippen LogP contribution is 2.26. The molecule has 0 saturated carbocycles. The van der Waals surface area contributed by atoms with E-state index in [0.717, 1.165) is 13.0 Å². The summed E-state index contributed by atoms with van der Waals surface area (Å²) in [4.78, 5) is 1.34. The molecule has 1 N–H and O–H groups in total. The summed E-state index contributed by atoms with van der Waals surface area (Å²) < 4.78 is 0. The average Bonchev–Trinajstić information content (AvgIpc) is 2.90. The second kappa shape index (κ2) is 5.99. The van der Waals surface area contributed by atoms with E-state index in [9.17, 15) is 0 Å². The highest BCUT2D eigenvalue weighted by molar-refractivity contribution is 7.13. The molecule has 2 aromatic rings. The lowest BCUT2D eigenvalue weighted by molar-refractivity contribution is 0.537. The van der Waals surface area contributed by atoms with Gasteiger partial charge in [-0.3, -0.25) is 0 Å². The predicted molar refractivity (Wildman–Crippen MR) is 76.5 cm³/mol. The fourth-order valence-corrected chi connectivity index (χ4v) is 2.80. The van der Waals surface area contributed by atoms with E-state index in [2.05, 4.69) is 60.9 Å². The molecule has 2 heteroatoms. The number of hydrogen-bond acceptors (Lipinski definition) is 2. The third-order valence-electron chi connectivity index (χ3n) is 2.98. The van der Waals surface area contributed by atoms with Crippen molar-refractivity contribution in [1.29, 1.82) is 0 Å². The Labute approximate surface area is 108 Å². The lowest BCUT2D eigenvalue weighted by Crippen LogP contribution is -2.19. The van der Waals surface area contributed by atoms with E-state index in [-0.39, 0.29) is 0 Å². The lowest BCUT2D eigenvalue weighted by atomic mass is 10.0. The van der Waals surface area contributed by atoms with Gasteiger partial charge in [-0.2, -0.15) is 0 Å². The van der Waals surface area contributed by atoms with E-state index in [1.54, 1.807) is 11.3 Å². The lowest BCUT2D eigenvalue weighted by Gasteiger charge is -2.16. The molecule has 0 spiro atoms. The largest absolute Gasteiger partial charge is 0.310 e. The van der Waals surface area contributed by atoms with Crippen molar-refractivity contribution in [2.45, 2.75) is 26.3 Å². The summed E-state index contributed by atoms with van der Waals surface area (Å²) in [5, 5.41) is 5.63. The molecule has 1 nitrogen and oxygen atoms in total. The molecule has 1 atom stereocenters. The van der Waals surface area contributed by atoms with Crippen molar-refractivity contribution in [2.75, 3.05) is 6.54 Å². The van der Waals surface area contributed by atoms with Crippen molar-refractivity contribution in [2.24, 2.45) is 0 Å². The van der Waals surface area contributed by atoms with E-state index in [0.29, 0.717) is 6.04 Å². The highest BCUT2D eigenvalue weighted by atomic mass is 32.1. The molecule has 0 amide bonds. The van der Waals surface area contributed by atoms with Gasteiger partial charge in [-0.15, -0.1) is 11.3 Å². The van der Waals surface area contributed by atoms with Crippen molar-refractivity contribution in [1.82, 2.24) is 5.32 Å². The molecule has 1 aromatic carbocycles. The maximum Gasteiger partial charge on any atom is 0.0342 e. The van der Waals surface area contributed by atoms with Crippen LogP contribution in [0.1, 0.15) is 31.9 Å². The molecule has 1 unspecified atom stereocenters. The van der Waals surface area contributed by atoms with Crippen LogP contribution >= 0.6 is 11.3 Å². The van der Waals surface area contributed by atoms with Gasteiger partial charge < -0.3 is 5.32 Å². The zero-order valence-corrected chi connectivity index (χ0v) is 11.3. The minimum atomic E-state index is 0.484. The van der Waals surface area contributed by atoms with Crippen LogP contribution in [0.2, 0.25) is 0 Å². The second-order valence-corrected chi connectivity index (χ2v) is 5.07. The SMILES string of the molecule is CCNC(CC)c1ccc(-c2cccs2)cc1. The summed E-state index contributed by atoms with van der Waals surface area (Å²) in [5.74, 6) is 0. The number of rotatable bonds is 5. The number of benzene rings is 1. The summed E-state index contributed by atoms with van der Waals surface area (Å²) in [7, 11) is 0. The predicted octanol–water partition coefficient (Wildman–Crippen LogP) is 4.48. The molecule has 1 heterocycles. The standard InChI is InChI=1S/C15H19NS/c1-3-14(16-4-2)12-7-9-13(10-8-12)15-6-5-11-17-15/h5-11,14,16H,3-4H2,1-2H3. The van der Waals surface area contributed by atoms with Crippen LogP contribution in [0, 0.1) is 0 Å². The quantitative estimate of drug-likeness (QED) is 0.819. The Balaban J connectivity index is 2.17. The normalized spacial score (nSPS) is 12.6. The van der Waals surface area contributed by atoms with Crippen LogP contribution in [0.3, 0.4) is 0 Å². The molecule has 0 fully saturated rings. The fraction of sp³-hybridized carbons (Fsp3) is 0.333. The first-order valence-corrected chi connectivity index (χ1v) is 7.10. The van der Waals surface area contributed by atoms with E-state index < -0.39 is 0 Å². The van der Waals surface area contributed by atoms with Crippen LogP contribution in [0.5, 0.6) is 0 Å². The van der Waals surface area contributed by atoms with Crippen LogP contribution in [0.4, 0.5) is 0 Å². The van der Waals surface area contributed by atoms with Crippen LogP contribution < -0.4 is 5.32 Å². The first-order chi connectivity index (χ1) is 8.35. The molecule has 0 saturated heterocycles. The van der Waals surface area contributed by atoms with Crippen molar-refractivity contribution in [3.63, 3.8) is 0 Å². The third-order valence-corrected chi connectivity index (χ3v) is 3.90. The van der Waals surface area contributed by atoms with Crippen LogP contribution in [0.25, 0.3) is 10.4 Å². The minimum absolute atomic E-state index is 0.484. The van der Waals surface area contributed by atoms with Crippen molar-refractivity contribution < 1.29 is 0 Å². The zero-order chi connectivity index (χ0) is 12.1. The molecule has 0 radical (unpaired) electrons. The van der Waals surface area contributed by atoms with E-state index in [4.69, 9.17) is 0 Å². The molecule has 90 valence electrons. The Hall–Kier alpha value is -1.12. The van der Waals surface area contributed by atoms with E-state index in [1.165, 1.54) is 16.0 Å². The molecule has 0 aliphatic rings. The maximum absolute atomic E-state index is 3.51. The van der Waals surface area contributed by atoms with Gasteiger partial charge in [0, 0.05) is 10.9 Å². The first-order valence-electron chi connectivity index (χ1n) is 6.22. The molecule has 0 bridgehead atoms. The van der Waals surface area contributed by atoms with Crippen molar-refractivity contribution in [3.8, 4) is 10.4 Å². The van der Waals surface area contributed by atoms with E-state index in [1.807, 2.05) is 0 Å². The van der Waals surface area contributed by atoms with Crippen molar-refractivity contribution >= 4 is 11.3 Å². The van der Waals surface area contributed by atoms with Gasteiger partial charge in [0.1, 0.15) is 0 Å². The third kappa shape index (κ3) is 2.96. The molecular formula is C15H19NS. The summed E-state index contributed by atoms with van der Waals surface area (Å²) in [5.41, 5.74) is 2.70. The molecule has 2 rings (SSSR count). The molecule has 1 aromatic heterocycles. The number of hydrogen-bond donors (Lipinski definition) is 1. The average molecular weight is 245 g/mol. The van der Waals surface area contributed by atoms with E-state index >= 15 is 0 Å². The van der Waals surface area contributed by atoms with Gasteiger partial charge >= 0.3 is 0 Å². The fourth-order valence-electron chi connectivity index (χ4n) is 2.07. The number of thiophene rings is 1. The Morgan fingerprint density at radius 2 is 1.88 bits per heavy atom. The van der Waals surface area contributed by atoms with Gasteiger partial charge in [0.2, 0.25) is 0 Å². The zero-order valence-electron chi connectivity index (χ0n) is 10.4. The first kappa shape index (κ1) is 12.3. The Bertz CT molecular complexity index is 430. The van der Waals surface area contributed by atoms with Gasteiger partial charge in [0.15, 0.2) is 0 Å². The Kier molecular flexibility index (Phi) is 4.35. The summed E-state index contributed by atoms with van der Waals surface area (Å²) in [6.07, 6.45) is 1.13. The van der Waals surface area contributed by atoms with Gasteiger partial charge in [0.25, 0.3) is 0 Å². The summed E-state index contributed by atoms with van der Waals surface area (Å²) in [6, 6.07) is 13.7. The topological polar surface area (TPSA) is 12.0 Å². The van der Waals surface area contributed by atoms with Crippen LogP contribution in [-0.2, 0) is 0 Å². The van der Waals surface area contributed by atoms with Gasteiger partial charge in [-0.25, -0.2) is 0 Å². The Morgan fingerprint density at radius 3 is 2.41 bits per heavy atom. The van der Waals surface area contributed by atoms with Gasteiger partial charge in [-0.05, 0) is 35.5 Å². The molecule has 17 heavy (non-hydrogen) atoms. The van der Waals surface area contributed by atoms with Gasteiger partial charge in [0.05, 0.1) is 0 Å². The summed E-state index contributed by atoms with van der Waals surface area (Å²) >= 11 is 1.79. The second-order valence-electron chi connectivity index (χ2n) is 4.12. The monoisotopic (exact) mass is 245 g/mol. The Morgan fingerprint density at radius 1 is 1.12 bits per heavy atom. The molecule has 0 aliphatic heterocycles. The van der Waals surface area contributed by atoms with Crippen LogP contribution in [-0.4, -0.2) is 6.54 Å². The van der Waals surface area contributed by atoms with Crippen molar-refractivity contribution in [3.05, 3.63) is 47.3 Å². The summed E-state index contributed by atoms with van der Waals surface area (Å²) in [6.45, 7) is 5.40. The maximum atomic E-state index is 3.51. The molecular weight excluding hydrogens is 226 g/mol. The highest BCUT2D eigenvalue weighted by Gasteiger charge is 2.07. The smallest absolute Gasteiger partial charge is 0.0342 e. The number of nitrogens with one attached hydrogen (secondary N) is 1. The van der Waals surface area contributed by atoms with Gasteiger partial charge in [-0.1, -0.05) is 44.2 Å².